The Labute approximate surface area is 125 Å². The van der Waals surface area contributed by atoms with Gasteiger partial charge < -0.3 is 10.5 Å². The molecule has 3 unspecified atom stereocenters. The highest BCUT2D eigenvalue weighted by Gasteiger charge is 2.23. The first-order valence-electron chi connectivity index (χ1n) is 7.14. The maximum atomic E-state index is 6.27. The van der Waals surface area contributed by atoms with E-state index in [-0.39, 0.29) is 18.2 Å². The van der Waals surface area contributed by atoms with E-state index in [2.05, 4.69) is 45.0 Å². The molecule has 2 N–H and O–H groups in total. The van der Waals surface area contributed by atoms with Crippen LogP contribution in [-0.2, 0) is 4.74 Å². The monoisotopic (exact) mass is 289 g/mol. The zero-order valence-corrected chi connectivity index (χ0v) is 13.2. The summed E-state index contributed by atoms with van der Waals surface area (Å²) in [5.74, 6) is 0. The molecular weight excluding hydrogens is 266 g/mol. The van der Waals surface area contributed by atoms with Crippen LogP contribution in [0.15, 0.2) is 42.5 Å². The van der Waals surface area contributed by atoms with Gasteiger partial charge in [-0.3, -0.25) is 0 Å². The minimum atomic E-state index is -0.0334. The zero-order valence-electron chi connectivity index (χ0n) is 12.4. The molecule has 2 aromatic rings. The molecular formula is C17H23NOS. The van der Waals surface area contributed by atoms with Crippen molar-refractivity contribution in [2.45, 2.75) is 45.4 Å². The lowest BCUT2D eigenvalue weighted by Crippen LogP contribution is -2.29. The third kappa shape index (κ3) is 3.69. The quantitative estimate of drug-likeness (QED) is 0.842. The molecule has 1 heterocycles. The summed E-state index contributed by atoms with van der Waals surface area (Å²) in [6.07, 6.45) is 0.915. The SMILES string of the molecule is CCC(N)C(OC(C)c1ccccc1)c1ccc(C)s1. The van der Waals surface area contributed by atoms with Crippen LogP contribution in [0.1, 0.15) is 47.8 Å². The van der Waals surface area contributed by atoms with Crippen molar-refractivity contribution < 1.29 is 4.74 Å². The molecule has 108 valence electrons. The number of aryl methyl sites for hydroxylation is 1. The average Bonchev–Trinajstić information content (AvgIpc) is 2.91. The van der Waals surface area contributed by atoms with Gasteiger partial charge in [0.2, 0.25) is 0 Å². The predicted molar refractivity (Wildman–Crippen MR) is 86.0 cm³/mol. The standard InChI is InChI=1S/C17H23NOS/c1-4-15(18)17(16-11-10-12(2)20-16)19-13(3)14-8-6-5-7-9-14/h5-11,13,15,17H,4,18H2,1-3H3. The van der Waals surface area contributed by atoms with Gasteiger partial charge in [0.25, 0.3) is 0 Å². The first kappa shape index (κ1) is 15.2. The summed E-state index contributed by atoms with van der Waals surface area (Å²) in [5, 5.41) is 0. The van der Waals surface area contributed by atoms with Crippen LogP contribution in [-0.4, -0.2) is 6.04 Å². The van der Waals surface area contributed by atoms with Crippen LogP contribution in [0.25, 0.3) is 0 Å². The van der Waals surface area contributed by atoms with E-state index in [9.17, 15) is 0 Å². The Hall–Kier alpha value is -1.16. The third-order valence-corrected chi connectivity index (χ3v) is 4.58. The topological polar surface area (TPSA) is 35.2 Å². The second-order valence-electron chi connectivity index (χ2n) is 5.13. The number of ether oxygens (including phenoxy) is 1. The van der Waals surface area contributed by atoms with Crippen LogP contribution in [0, 0.1) is 6.92 Å². The summed E-state index contributed by atoms with van der Waals surface area (Å²) in [4.78, 5) is 2.52. The lowest BCUT2D eigenvalue weighted by atomic mass is 10.1. The fourth-order valence-electron chi connectivity index (χ4n) is 2.22. The molecule has 0 saturated carbocycles. The Morgan fingerprint density at radius 1 is 1.15 bits per heavy atom. The Morgan fingerprint density at radius 2 is 1.85 bits per heavy atom. The molecule has 0 aliphatic rings. The minimum absolute atomic E-state index is 0.0270. The van der Waals surface area contributed by atoms with Gasteiger partial charge in [-0.25, -0.2) is 0 Å². The van der Waals surface area contributed by atoms with Crippen LogP contribution in [0.3, 0.4) is 0 Å². The molecule has 20 heavy (non-hydrogen) atoms. The second-order valence-corrected chi connectivity index (χ2v) is 6.45. The highest BCUT2D eigenvalue weighted by Crippen LogP contribution is 2.33. The molecule has 1 aromatic heterocycles. The summed E-state index contributed by atoms with van der Waals surface area (Å²) in [5.41, 5.74) is 7.46. The maximum Gasteiger partial charge on any atom is 0.107 e. The van der Waals surface area contributed by atoms with Gasteiger partial charge in [0.15, 0.2) is 0 Å². The summed E-state index contributed by atoms with van der Waals surface area (Å²) in [6, 6.07) is 14.6. The van der Waals surface area contributed by atoms with E-state index in [0.717, 1.165) is 6.42 Å². The number of benzene rings is 1. The second kappa shape index (κ2) is 7.02. The van der Waals surface area contributed by atoms with Gasteiger partial charge in [0, 0.05) is 15.8 Å². The minimum Gasteiger partial charge on any atom is -0.363 e. The normalized spacial score (nSPS) is 15.8. The summed E-state index contributed by atoms with van der Waals surface area (Å²) in [7, 11) is 0. The third-order valence-electron chi connectivity index (χ3n) is 3.52. The smallest absolute Gasteiger partial charge is 0.107 e. The van der Waals surface area contributed by atoms with Gasteiger partial charge in [-0.1, -0.05) is 37.3 Å². The molecule has 0 fully saturated rings. The first-order valence-corrected chi connectivity index (χ1v) is 7.95. The molecule has 3 atom stereocenters. The van der Waals surface area contributed by atoms with Crippen molar-refractivity contribution in [1.82, 2.24) is 0 Å². The molecule has 0 amide bonds. The Bertz CT molecular complexity index is 523. The van der Waals surface area contributed by atoms with E-state index in [4.69, 9.17) is 10.5 Å². The van der Waals surface area contributed by atoms with Crippen molar-refractivity contribution in [3.8, 4) is 0 Å². The van der Waals surface area contributed by atoms with Crippen molar-refractivity contribution in [3.63, 3.8) is 0 Å². The number of hydrogen-bond donors (Lipinski definition) is 1. The summed E-state index contributed by atoms with van der Waals surface area (Å²) < 4.78 is 6.27. The van der Waals surface area contributed by atoms with E-state index < -0.39 is 0 Å². The van der Waals surface area contributed by atoms with E-state index in [1.54, 1.807) is 11.3 Å². The Kier molecular flexibility index (Phi) is 5.35. The molecule has 3 heteroatoms. The molecule has 0 saturated heterocycles. The van der Waals surface area contributed by atoms with E-state index in [1.807, 2.05) is 18.2 Å². The van der Waals surface area contributed by atoms with Crippen LogP contribution >= 0.6 is 11.3 Å². The van der Waals surface area contributed by atoms with E-state index >= 15 is 0 Å². The fourth-order valence-corrected chi connectivity index (χ4v) is 3.21. The van der Waals surface area contributed by atoms with Gasteiger partial charge >= 0.3 is 0 Å². The maximum absolute atomic E-state index is 6.27. The van der Waals surface area contributed by atoms with Gasteiger partial charge in [0.1, 0.15) is 6.10 Å². The first-order chi connectivity index (χ1) is 9.61. The number of hydrogen-bond acceptors (Lipinski definition) is 3. The van der Waals surface area contributed by atoms with E-state index in [1.165, 1.54) is 15.3 Å². The lowest BCUT2D eigenvalue weighted by Gasteiger charge is -2.26. The molecule has 0 radical (unpaired) electrons. The zero-order chi connectivity index (χ0) is 14.5. The Balaban J connectivity index is 2.16. The van der Waals surface area contributed by atoms with Crippen LogP contribution in [0.2, 0.25) is 0 Å². The van der Waals surface area contributed by atoms with Gasteiger partial charge in [-0.05, 0) is 38.0 Å². The average molecular weight is 289 g/mol. The van der Waals surface area contributed by atoms with Gasteiger partial charge in [-0.2, -0.15) is 0 Å². The molecule has 0 bridgehead atoms. The van der Waals surface area contributed by atoms with Crippen LogP contribution < -0.4 is 5.73 Å². The number of rotatable bonds is 6. The van der Waals surface area contributed by atoms with E-state index in [0.29, 0.717) is 0 Å². The predicted octanol–water partition coefficient (Wildman–Crippen LogP) is 4.61. The largest absolute Gasteiger partial charge is 0.363 e. The van der Waals surface area contributed by atoms with Crippen LogP contribution in [0.4, 0.5) is 0 Å². The van der Waals surface area contributed by atoms with Crippen molar-refractivity contribution in [1.29, 1.82) is 0 Å². The van der Waals surface area contributed by atoms with Crippen molar-refractivity contribution in [2.24, 2.45) is 5.73 Å². The molecule has 0 aliphatic heterocycles. The van der Waals surface area contributed by atoms with Crippen molar-refractivity contribution in [2.75, 3.05) is 0 Å². The molecule has 0 aliphatic carbocycles. The molecule has 0 spiro atoms. The highest BCUT2D eigenvalue weighted by molar-refractivity contribution is 7.12. The van der Waals surface area contributed by atoms with Gasteiger partial charge in [0.05, 0.1) is 6.10 Å². The summed E-state index contributed by atoms with van der Waals surface area (Å²) in [6.45, 7) is 6.31. The molecule has 2 rings (SSSR count). The Morgan fingerprint density at radius 3 is 2.40 bits per heavy atom. The highest BCUT2D eigenvalue weighted by atomic mass is 32.1. The van der Waals surface area contributed by atoms with Gasteiger partial charge in [-0.15, -0.1) is 11.3 Å². The molecule has 2 nitrogen and oxygen atoms in total. The lowest BCUT2D eigenvalue weighted by molar-refractivity contribution is -0.0179. The number of nitrogens with two attached hydrogens (primary N) is 1. The van der Waals surface area contributed by atoms with Crippen molar-refractivity contribution in [3.05, 3.63) is 57.8 Å². The number of thiophene rings is 1. The van der Waals surface area contributed by atoms with Crippen molar-refractivity contribution >= 4 is 11.3 Å². The summed E-state index contributed by atoms with van der Waals surface area (Å²) >= 11 is 1.77. The molecule has 1 aromatic carbocycles. The van der Waals surface area contributed by atoms with Crippen LogP contribution in [0.5, 0.6) is 0 Å². The fraction of sp³-hybridized carbons (Fsp3) is 0.412.